The fourth-order valence-electron chi connectivity index (χ4n) is 1.31. The van der Waals surface area contributed by atoms with Crippen LogP contribution in [0.1, 0.15) is 18.1 Å². The fourth-order valence-corrected chi connectivity index (χ4v) is 1.59. The molecule has 0 saturated carbocycles. The summed E-state index contributed by atoms with van der Waals surface area (Å²) >= 11 is 9.07. The second-order valence-electron chi connectivity index (χ2n) is 4.22. The highest BCUT2D eigenvalue weighted by Gasteiger charge is 1.96. The van der Waals surface area contributed by atoms with E-state index in [0.717, 1.165) is 12.7 Å². The molecule has 0 bridgehead atoms. The van der Waals surface area contributed by atoms with Crippen LogP contribution in [0.25, 0.3) is 0 Å². The summed E-state index contributed by atoms with van der Waals surface area (Å²) in [5.41, 5.74) is 1.34. The number of aliphatic hydroxyl groups excluding tert-OH is 2. The standard InChI is InChI=1S/C8H8O2S.C7H6OS.C2H4O2/c1-10-7-4-2-6(3-5-7)8(9)11;8-7(9)6-4-2-1-3-5-6;1-2(3)4/h2-5H,1H3,(H,9,11);1-5H,(H,8,9);1H3,(H,3,4). The van der Waals surface area contributed by atoms with Crippen molar-refractivity contribution in [2.45, 2.75) is 6.92 Å². The number of methoxy groups -OCH3 is 1. The normalized spacial score (nSPS) is 8.58. The van der Waals surface area contributed by atoms with Gasteiger partial charge < -0.3 is 20.1 Å². The van der Waals surface area contributed by atoms with Crippen LogP contribution in [0.5, 0.6) is 5.75 Å². The van der Waals surface area contributed by atoms with Gasteiger partial charge in [0, 0.05) is 18.1 Å². The van der Waals surface area contributed by atoms with Crippen molar-refractivity contribution in [2.24, 2.45) is 0 Å². The van der Waals surface area contributed by atoms with Crippen molar-refractivity contribution in [1.29, 1.82) is 0 Å². The second-order valence-corrected chi connectivity index (χ2v) is 5.00. The summed E-state index contributed by atoms with van der Waals surface area (Å²) in [6.07, 6.45) is 0. The Balaban J connectivity index is 0.000000367. The van der Waals surface area contributed by atoms with E-state index in [9.17, 15) is 0 Å². The summed E-state index contributed by atoms with van der Waals surface area (Å²) in [5, 5.41) is 24.9. The molecule has 2 rings (SSSR count). The Kier molecular flexibility index (Phi) is 10.7. The lowest BCUT2D eigenvalue weighted by atomic mass is 10.2. The van der Waals surface area contributed by atoms with Crippen LogP contribution < -0.4 is 4.74 Å². The Morgan fingerprint density at radius 3 is 1.50 bits per heavy atom. The Bertz CT molecular complexity index is 650. The molecule has 0 spiro atoms. The van der Waals surface area contributed by atoms with Crippen LogP contribution >= 0.6 is 24.4 Å². The highest BCUT2D eigenvalue weighted by Crippen LogP contribution is 2.11. The van der Waals surface area contributed by atoms with Gasteiger partial charge in [-0.2, -0.15) is 0 Å². The van der Waals surface area contributed by atoms with Gasteiger partial charge in [-0.1, -0.05) is 30.3 Å². The lowest BCUT2D eigenvalue weighted by Crippen LogP contribution is -1.93. The number of rotatable bonds is 3. The molecule has 0 amide bonds. The maximum atomic E-state index is 9.00. The van der Waals surface area contributed by atoms with E-state index >= 15 is 0 Å². The van der Waals surface area contributed by atoms with Crippen molar-refractivity contribution in [3.05, 3.63) is 65.7 Å². The van der Waals surface area contributed by atoms with Crippen LogP contribution in [0, 0.1) is 0 Å². The first-order valence-electron chi connectivity index (χ1n) is 6.63. The van der Waals surface area contributed by atoms with E-state index in [1.54, 1.807) is 43.5 Å². The van der Waals surface area contributed by atoms with E-state index in [1.165, 1.54) is 0 Å². The highest BCUT2D eigenvalue weighted by molar-refractivity contribution is 7.80. The Hall–Kier alpha value is -2.51. The van der Waals surface area contributed by atoms with Gasteiger partial charge in [-0.15, -0.1) is 0 Å². The van der Waals surface area contributed by atoms with Gasteiger partial charge in [0.2, 0.25) is 0 Å². The van der Waals surface area contributed by atoms with Gasteiger partial charge in [0.25, 0.3) is 5.97 Å². The number of aliphatic carboxylic acids is 1. The quantitative estimate of drug-likeness (QED) is 0.709. The van der Waals surface area contributed by atoms with Crippen LogP contribution in [0.3, 0.4) is 0 Å². The summed E-state index contributed by atoms with van der Waals surface area (Å²) < 4.78 is 4.92. The molecule has 7 heteroatoms. The summed E-state index contributed by atoms with van der Waals surface area (Å²) in [4.78, 5) is 9.00. The molecule has 0 heterocycles. The third-order valence-corrected chi connectivity index (χ3v) is 2.83. The van der Waals surface area contributed by atoms with Crippen molar-refractivity contribution in [2.75, 3.05) is 7.11 Å². The monoisotopic (exact) mass is 366 g/mol. The zero-order valence-electron chi connectivity index (χ0n) is 13.2. The number of hydrogen-bond donors (Lipinski definition) is 3. The molecule has 24 heavy (non-hydrogen) atoms. The molecule has 5 nitrogen and oxygen atoms in total. The van der Waals surface area contributed by atoms with E-state index in [1.807, 2.05) is 18.2 Å². The fraction of sp³-hybridized carbons (Fsp3) is 0.118. The summed E-state index contributed by atoms with van der Waals surface area (Å²) in [6, 6.07) is 16.0. The maximum Gasteiger partial charge on any atom is 0.300 e. The molecule has 128 valence electrons. The SMILES string of the molecule is CC(=O)O.COc1ccc(C(O)=S)cc1.OC(=S)c1ccccc1. The van der Waals surface area contributed by atoms with Gasteiger partial charge in [0.1, 0.15) is 5.75 Å². The van der Waals surface area contributed by atoms with Crippen molar-refractivity contribution in [3.8, 4) is 5.75 Å². The molecule has 0 unspecified atom stereocenters. The smallest absolute Gasteiger partial charge is 0.300 e. The largest absolute Gasteiger partial charge is 0.499 e. The zero-order valence-corrected chi connectivity index (χ0v) is 14.8. The molecule has 0 aliphatic heterocycles. The minimum Gasteiger partial charge on any atom is -0.499 e. The van der Waals surface area contributed by atoms with E-state index in [2.05, 4.69) is 24.4 Å². The molecule has 3 N–H and O–H groups in total. The van der Waals surface area contributed by atoms with Gasteiger partial charge in [-0.3, -0.25) is 4.79 Å². The van der Waals surface area contributed by atoms with Crippen LogP contribution in [-0.2, 0) is 4.79 Å². The van der Waals surface area contributed by atoms with Gasteiger partial charge in [0.05, 0.1) is 7.11 Å². The molecule has 0 atom stereocenters. The summed E-state index contributed by atoms with van der Waals surface area (Å²) in [5.74, 6) is -0.0787. The predicted octanol–water partition coefficient (Wildman–Crippen LogP) is 3.94. The van der Waals surface area contributed by atoms with Gasteiger partial charge in [-0.05, 0) is 48.7 Å². The van der Waals surface area contributed by atoms with Crippen LogP contribution in [0.15, 0.2) is 54.6 Å². The minimum absolute atomic E-state index is 0.0457. The summed E-state index contributed by atoms with van der Waals surface area (Å²) in [7, 11) is 1.59. The van der Waals surface area contributed by atoms with Gasteiger partial charge in [0.15, 0.2) is 10.1 Å². The van der Waals surface area contributed by atoms with Crippen molar-refractivity contribution in [1.82, 2.24) is 0 Å². The average molecular weight is 366 g/mol. The Labute approximate surface area is 151 Å². The Morgan fingerprint density at radius 1 is 0.833 bits per heavy atom. The molecular weight excluding hydrogens is 348 g/mol. The lowest BCUT2D eigenvalue weighted by Gasteiger charge is -1.99. The lowest BCUT2D eigenvalue weighted by molar-refractivity contribution is -0.134. The van der Waals surface area contributed by atoms with Gasteiger partial charge in [-0.25, -0.2) is 0 Å². The minimum atomic E-state index is -0.833. The first-order chi connectivity index (χ1) is 11.3. The number of ether oxygens (including phenoxy) is 1. The number of carboxylic acid groups (broad SMARTS) is 1. The maximum absolute atomic E-state index is 9.00. The average Bonchev–Trinajstić information content (AvgIpc) is 2.55. The molecule has 0 saturated heterocycles. The van der Waals surface area contributed by atoms with Crippen molar-refractivity contribution in [3.63, 3.8) is 0 Å². The number of hydrogen-bond acceptors (Lipinski definition) is 4. The molecule has 2 aromatic rings. The van der Waals surface area contributed by atoms with E-state index in [-0.39, 0.29) is 10.1 Å². The first-order valence-corrected chi connectivity index (χ1v) is 7.44. The molecule has 0 aromatic heterocycles. The van der Waals surface area contributed by atoms with Crippen LogP contribution in [0.4, 0.5) is 0 Å². The topological polar surface area (TPSA) is 87.0 Å². The summed E-state index contributed by atoms with van der Waals surface area (Å²) in [6.45, 7) is 1.08. The number of thiocarbonyl (C=S) groups is 2. The van der Waals surface area contributed by atoms with Gasteiger partial charge >= 0.3 is 0 Å². The number of carboxylic acids is 1. The molecular formula is C17H18O5S2. The number of carbonyl (C=O) groups is 1. The van der Waals surface area contributed by atoms with Crippen molar-refractivity contribution >= 4 is 40.5 Å². The zero-order chi connectivity index (χ0) is 18.5. The predicted molar refractivity (Wildman–Crippen MR) is 101 cm³/mol. The second kappa shape index (κ2) is 12.0. The molecule has 0 aliphatic rings. The number of aliphatic hydroxyl groups is 2. The third-order valence-electron chi connectivity index (χ3n) is 2.36. The molecule has 0 fully saturated rings. The molecule has 0 radical (unpaired) electrons. The Morgan fingerprint density at radius 2 is 1.21 bits per heavy atom. The van der Waals surface area contributed by atoms with Crippen LogP contribution in [-0.4, -0.2) is 38.5 Å². The first kappa shape index (κ1) is 21.5. The number of benzene rings is 2. The van der Waals surface area contributed by atoms with E-state index in [0.29, 0.717) is 11.1 Å². The highest BCUT2D eigenvalue weighted by atomic mass is 32.1. The van der Waals surface area contributed by atoms with E-state index in [4.69, 9.17) is 24.9 Å². The van der Waals surface area contributed by atoms with Crippen molar-refractivity contribution < 1.29 is 24.9 Å². The van der Waals surface area contributed by atoms with E-state index < -0.39 is 5.97 Å². The van der Waals surface area contributed by atoms with Crippen LogP contribution in [0.2, 0.25) is 0 Å². The molecule has 0 aliphatic carbocycles. The third kappa shape index (κ3) is 10.3. The molecule has 2 aromatic carbocycles.